The largest absolute Gasteiger partial charge is 0.495 e. The van der Waals surface area contributed by atoms with E-state index in [0.29, 0.717) is 11.9 Å². The highest BCUT2D eigenvalue weighted by atomic mass is 16.5. The third-order valence-corrected chi connectivity index (χ3v) is 4.39. The smallest absolute Gasteiger partial charge is 0.229 e. The first kappa shape index (κ1) is 18.7. The zero-order valence-corrected chi connectivity index (χ0v) is 16.5. The maximum Gasteiger partial charge on any atom is 0.229 e. The van der Waals surface area contributed by atoms with E-state index < -0.39 is 0 Å². The number of benzene rings is 2. The second-order valence-electron chi connectivity index (χ2n) is 6.86. The van der Waals surface area contributed by atoms with Gasteiger partial charge in [-0.05, 0) is 43.0 Å². The van der Waals surface area contributed by atoms with Gasteiger partial charge in [0.15, 0.2) is 0 Å². The van der Waals surface area contributed by atoms with E-state index in [-0.39, 0.29) is 0 Å². The molecule has 0 aliphatic carbocycles. The Morgan fingerprint density at radius 3 is 2.44 bits per heavy atom. The van der Waals surface area contributed by atoms with Crippen LogP contribution in [0.2, 0.25) is 0 Å². The fourth-order valence-corrected chi connectivity index (χ4v) is 3.03. The fourth-order valence-electron chi connectivity index (χ4n) is 3.03. The highest BCUT2D eigenvalue weighted by molar-refractivity contribution is 5.68. The Morgan fingerprint density at radius 2 is 1.70 bits per heavy atom. The lowest BCUT2D eigenvalue weighted by atomic mass is 9.98. The fraction of sp³-hybridized carbons (Fsp3) is 0.273. The summed E-state index contributed by atoms with van der Waals surface area (Å²) < 4.78 is 5.40. The summed E-state index contributed by atoms with van der Waals surface area (Å²) in [6.45, 7) is 8.46. The molecule has 0 fully saturated rings. The van der Waals surface area contributed by atoms with Gasteiger partial charge in [-0.15, -0.1) is 0 Å². The van der Waals surface area contributed by atoms with Crippen molar-refractivity contribution in [1.29, 1.82) is 0 Å². The molecule has 1 heterocycles. The first-order valence-corrected chi connectivity index (χ1v) is 9.10. The van der Waals surface area contributed by atoms with Crippen molar-refractivity contribution >= 4 is 23.1 Å². The molecule has 0 saturated heterocycles. The van der Waals surface area contributed by atoms with Crippen molar-refractivity contribution in [3.05, 3.63) is 65.4 Å². The molecule has 3 rings (SSSR count). The van der Waals surface area contributed by atoms with Crippen LogP contribution in [-0.2, 0) is 0 Å². The van der Waals surface area contributed by atoms with Crippen LogP contribution in [0.25, 0.3) is 0 Å². The molecular formula is C22H26N4O. The minimum Gasteiger partial charge on any atom is -0.495 e. The van der Waals surface area contributed by atoms with Gasteiger partial charge in [-0.1, -0.05) is 44.2 Å². The third-order valence-electron chi connectivity index (χ3n) is 4.39. The summed E-state index contributed by atoms with van der Waals surface area (Å²) in [5.74, 6) is 2.46. The maximum atomic E-state index is 5.40. The number of para-hydroxylation sites is 3. The lowest BCUT2D eigenvalue weighted by Crippen LogP contribution is -2.05. The summed E-state index contributed by atoms with van der Waals surface area (Å²) >= 11 is 0. The monoisotopic (exact) mass is 362 g/mol. The summed E-state index contributed by atoms with van der Waals surface area (Å²) in [6.07, 6.45) is 0. The number of ether oxygens (including phenoxy) is 1. The lowest BCUT2D eigenvalue weighted by molar-refractivity contribution is 0.417. The topological polar surface area (TPSA) is 59.1 Å². The molecule has 0 bridgehead atoms. The van der Waals surface area contributed by atoms with E-state index in [1.165, 1.54) is 11.1 Å². The van der Waals surface area contributed by atoms with Crippen LogP contribution in [0.3, 0.4) is 0 Å². The van der Waals surface area contributed by atoms with E-state index in [9.17, 15) is 0 Å². The molecule has 5 nitrogen and oxygen atoms in total. The molecule has 2 N–H and O–H groups in total. The molecular weight excluding hydrogens is 336 g/mol. The van der Waals surface area contributed by atoms with Crippen LogP contribution in [0.15, 0.2) is 48.5 Å². The number of methoxy groups -OCH3 is 1. The van der Waals surface area contributed by atoms with Crippen LogP contribution in [0.5, 0.6) is 5.75 Å². The van der Waals surface area contributed by atoms with Crippen molar-refractivity contribution in [3.63, 3.8) is 0 Å². The van der Waals surface area contributed by atoms with Gasteiger partial charge < -0.3 is 15.4 Å². The highest BCUT2D eigenvalue weighted by Gasteiger charge is 2.12. The summed E-state index contributed by atoms with van der Waals surface area (Å²) in [7, 11) is 1.65. The van der Waals surface area contributed by atoms with Crippen molar-refractivity contribution in [3.8, 4) is 5.75 Å². The van der Waals surface area contributed by atoms with Crippen molar-refractivity contribution in [2.75, 3.05) is 17.7 Å². The summed E-state index contributed by atoms with van der Waals surface area (Å²) in [5, 5.41) is 6.75. The van der Waals surface area contributed by atoms with Gasteiger partial charge in [0.1, 0.15) is 11.6 Å². The Morgan fingerprint density at radius 1 is 0.926 bits per heavy atom. The Labute approximate surface area is 160 Å². The van der Waals surface area contributed by atoms with Gasteiger partial charge in [0.2, 0.25) is 5.95 Å². The molecule has 0 saturated carbocycles. The second kappa shape index (κ2) is 8.08. The Balaban J connectivity index is 1.93. The minimum absolute atomic E-state index is 0.418. The number of hydrogen-bond acceptors (Lipinski definition) is 5. The zero-order valence-electron chi connectivity index (χ0n) is 16.5. The minimum atomic E-state index is 0.418. The number of anilines is 4. The molecule has 27 heavy (non-hydrogen) atoms. The van der Waals surface area contributed by atoms with Crippen LogP contribution in [0, 0.1) is 13.8 Å². The van der Waals surface area contributed by atoms with E-state index >= 15 is 0 Å². The summed E-state index contributed by atoms with van der Waals surface area (Å²) in [4.78, 5) is 9.16. The van der Waals surface area contributed by atoms with Crippen molar-refractivity contribution in [2.24, 2.45) is 0 Å². The van der Waals surface area contributed by atoms with Gasteiger partial charge >= 0.3 is 0 Å². The lowest BCUT2D eigenvalue weighted by Gasteiger charge is -2.18. The number of nitrogens with zero attached hydrogens (tertiary/aromatic N) is 2. The predicted octanol–water partition coefficient (Wildman–Crippen LogP) is 5.71. The average molecular weight is 362 g/mol. The Hall–Kier alpha value is -3.08. The summed E-state index contributed by atoms with van der Waals surface area (Å²) in [5.41, 5.74) is 5.27. The number of aryl methyl sites for hydroxylation is 2. The maximum absolute atomic E-state index is 5.40. The molecule has 0 radical (unpaired) electrons. The van der Waals surface area contributed by atoms with Gasteiger partial charge in [0.05, 0.1) is 12.8 Å². The van der Waals surface area contributed by atoms with Gasteiger partial charge in [-0.2, -0.15) is 4.98 Å². The second-order valence-corrected chi connectivity index (χ2v) is 6.86. The van der Waals surface area contributed by atoms with Gasteiger partial charge in [-0.25, -0.2) is 4.98 Å². The summed E-state index contributed by atoms with van der Waals surface area (Å²) in [6, 6.07) is 16.0. The van der Waals surface area contributed by atoms with Crippen molar-refractivity contribution < 1.29 is 4.74 Å². The molecule has 0 spiro atoms. The zero-order chi connectivity index (χ0) is 19.4. The molecule has 140 valence electrons. The molecule has 0 unspecified atom stereocenters. The molecule has 2 aromatic carbocycles. The van der Waals surface area contributed by atoms with E-state index in [1.807, 2.05) is 37.3 Å². The standard InChI is InChI=1S/C22H26N4O/c1-14(2)17-10-8-9-15(3)21(17)25-20-13-16(4)23-22(26-20)24-18-11-6-7-12-19(18)27-5/h6-14H,1-5H3,(H2,23,24,25,26). The number of aromatic nitrogens is 2. The van der Waals surface area contributed by atoms with Crippen molar-refractivity contribution in [2.45, 2.75) is 33.6 Å². The Bertz CT molecular complexity index is 937. The normalized spacial score (nSPS) is 10.7. The first-order chi connectivity index (χ1) is 13.0. The predicted molar refractivity (Wildman–Crippen MR) is 112 cm³/mol. The Kier molecular flexibility index (Phi) is 5.60. The molecule has 3 aromatic rings. The van der Waals surface area contributed by atoms with Gasteiger partial charge in [0, 0.05) is 17.4 Å². The molecule has 0 amide bonds. The van der Waals surface area contributed by atoms with Gasteiger partial charge in [0.25, 0.3) is 0 Å². The SMILES string of the molecule is COc1ccccc1Nc1nc(C)cc(Nc2c(C)cccc2C(C)C)n1. The average Bonchev–Trinajstić information content (AvgIpc) is 2.63. The van der Waals surface area contributed by atoms with E-state index in [4.69, 9.17) is 4.74 Å². The highest BCUT2D eigenvalue weighted by Crippen LogP contribution is 2.31. The number of hydrogen-bond donors (Lipinski definition) is 2. The van der Waals surface area contributed by atoms with Crippen LogP contribution >= 0.6 is 0 Å². The van der Waals surface area contributed by atoms with Crippen LogP contribution < -0.4 is 15.4 Å². The molecule has 1 aromatic heterocycles. The quantitative estimate of drug-likeness (QED) is 0.588. The molecule has 5 heteroatoms. The van der Waals surface area contributed by atoms with E-state index in [2.05, 4.69) is 59.6 Å². The molecule has 0 aliphatic rings. The van der Waals surface area contributed by atoms with Gasteiger partial charge in [-0.3, -0.25) is 0 Å². The van der Waals surface area contributed by atoms with E-state index in [1.54, 1.807) is 7.11 Å². The van der Waals surface area contributed by atoms with E-state index in [0.717, 1.165) is 28.6 Å². The van der Waals surface area contributed by atoms with Crippen LogP contribution in [-0.4, -0.2) is 17.1 Å². The molecule has 0 aliphatic heterocycles. The third kappa shape index (κ3) is 4.37. The van der Waals surface area contributed by atoms with Crippen LogP contribution in [0.4, 0.5) is 23.1 Å². The molecule has 0 atom stereocenters. The first-order valence-electron chi connectivity index (χ1n) is 9.10. The van der Waals surface area contributed by atoms with Crippen molar-refractivity contribution in [1.82, 2.24) is 9.97 Å². The number of rotatable bonds is 6. The van der Waals surface area contributed by atoms with Crippen LogP contribution in [0.1, 0.15) is 36.6 Å². The number of nitrogens with one attached hydrogen (secondary N) is 2.